The molecule has 21 nitrogen and oxygen atoms in total. The molecule has 0 bridgehead atoms. The molecule has 16 rings (SSSR count). The average molecular weight is 2010 g/mol. The van der Waals surface area contributed by atoms with Crippen LogP contribution in [0.1, 0.15) is 40.8 Å². The normalized spacial score (nSPS) is 10.8. The molecule has 7 aromatic carbocycles. The van der Waals surface area contributed by atoms with Gasteiger partial charge < -0.3 is 9.80 Å². The maximum atomic E-state index is 9.87. The summed E-state index contributed by atoms with van der Waals surface area (Å²) >= 11 is 0. The predicted octanol–water partition coefficient (Wildman–Crippen LogP) is 18.0. The molecule has 0 radical (unpaired) electrons. The van der Waals surface area contributed by atoms with Gasteiger partial charge in [-0.1, -0.05) is 135 Å². The molecule has 1 aliphatic heterocycles. The maximum absolute atomic E-state index is 10.7. The van der Waals surface area contributed by atoms with Gasteiger partial charge in [0.25, 0.3) is 0 Å². The Bertz CT molecular complexity index is 5070. The fourth-order valence-corrected chi connectivity index (χ4v) is 10.7. The second-order valence-corrected chi connectivity index (χ2v) is 29.5. The van der Waals surface area contributed by atoms with Crippen molar-refractivity contribution in [2.24, 2.45) is 0 Å². The van der Waals surface area contributed by atoms with Crippen LogP contribution in [0.5, 0.6) is 0 Å². The summed E-state index contributed by atoms with van der Waals surface area (Å²) in [5, 5.41) is 0. The van der Waals surface area contributed by atoms with Crippen LogP contribution in [0.3, 0.4) is 0 Å². The molecule has 34 heteroatoms. The van der Waals surface area contributed by atoms with Crippen molar-refractivity contribution in [3.8, 4) is 90.6 Å². The number of nitrogens with zero attached hydrogens (tertiary/aromatic N) is 13. The van der Waals surface area contributed by atoms with E-state index in [9.17, 15) is 25.2 Å². The smallest absolute Gasteiger partial charge is 0.295 e. The first-order valence-corrected chi connectivity index (χ1v) is 41.7. The van der Waals surface area contributed by atoms with E-state index in [1.54, 1.807) is 24.8 Å². The minimum Gasteiger partial charge on any atom is -0.295 e. The number of aryl methyl sites for hydroxylation is 6. The zero-order valence-corrected chi connectivity index (χ0v) is 76.5. The Morgan fingerprint density at radius 2 is 0.450 bits per heavy atom. The van der Waals surface area contributed by atoms with Crippen LogP contribution in [0, 0.1) is 113 Å². The molecule has 8 aromatic heterocycles. The third-order valence-corrected chi connectivity index (χ3v) is 16.2. The molecule has 0 saturated heterocycles. The molecule has 0 atom stereocenters. The van der Waals surface area contributed by atoms with Crippen molar-refractivity contribution in [3.05, 3.63) is 433 Å². The van der Waals surface area contributed by atoms with Crippen LogP contribution in [0.4, 0.5) is 42.2 Å². The Morgan fingerprint density at radius 3 is 0.588 bits per heavy atom. The fraction of sp³-hybridized carbons (Fsp3) is 0.0928. The molecule has 0 N–H and O–H groups in total. The largest absolute Gasteiger partial charge is 2.00 e. The standard InChI is InChI=1S/4C16H11N2.3C9H9N.C5H9N2.CH4.2ClHO4.F6P.4Ni/c4*1-2-7-13(8-3-1)14-10-6-11-16(18-14)15-9-4-5-12-17-15;3*1-7-5-4-6-8(2)9(7)10-3;1-6-3-4-7(2)5-6;;2*2-1(3,4)5;1-7(2,3,4,5)6;;;;/h4*1-7,9-12H;3*4-6H,1-2H3;3-5H,1-2H3;1H4;2*(H,2,3,4,5);;;;;/q4*-1;;;;-1;;;;-1;4*+2/p-2. The van der Waals surface area contributed by atoms with Crippen LogP contribution < -0.4 is 37.3 Å². The van der Waals surface area contributed by atoms with E-state index in [0.29, 0.717) is 0 Å². The van der Waals surface area contributed by atoms with Gasteiger partial charge in [-0.25, -0.2) is 51.8 Å². The molecule has 0 aliphatic carbocycles. The summed E-state index contributed by atoms with van der Waals surface area (Å²) in [6.07, 6.45) is 11.1. The van der Waals surface area contributed by atoms with E-state index >= 15 is 0 Å². The Balaban J connectivity index is 0.000000736. The SMILES string of the molecule is C.CN1C=CN(C)[CH-]1.F[P-](F)(F)(F)(F)F.[C-]#[N+]c1c(C)cccc1C.[C-]#[N+]c1c(C)cccc1C.[C-]#[N+]c1c(C)cccc1C.[Ni+2].[Ni+2].[Ni+2].[Ni+2].[O-][Cl+3]([O-])([O-])[O-].[O-][Cl+3]([O-])([O-])[O-].[c-]1ccccc1-c1cccc(-c2ccccn2)n1.[c-]1ccccc1-c1cccc(-c2ccccn2)n1.[c-]1ccccc1-c1cccc(-c2ccccn2)n1.[c-]1ccccc1-c1cccc(-c2ccccn2)n1. The Kier molecular flexibility index (Phi) is 51.5. The number of para-hydroxylation sites is 3. The summed E-state index contributed by atoms with van der Waals surface area (Å²) in [4.78, 5) is 50.0. The molecular formula is C97H84Cl2F6N13Ni4O8P. The third-order valence-electron chi connectivity index (χ3n) is 16.2. The zero-order valence-electron chi connectivity index (χ0n) is 70.1. The van der Waals surface area contributed by atoms with Gasteiger partial charge in [-0.05, 0) is 197 Å². The van der Waals surface area contributed by atoms with Gasteiger partial charge in [-0.3, -0.25) is 39.9 Å². The fourth-order valence-electron chi connectivity index (χ4n) is 10.7. The molecule has 1 aliphatic rings. The second-order valence-electron chi connectivity index (χ2n) is 26.1. The molecule has 15 aromatic rings. The molecule has 0 amide bonds. The van der Waals surface area contributed by atoms with Crippen molar-refractivity contribution in [3.63, 3.8) is 0 Å². The van der Waals surface area contributed by atoms with Gasteiger partial charge in [0.05, 0.1) is 65.3 Å². The van der Waals surface area contributed by atoms with Gasteiger partial charge in [0, 0.05) is 24.8 Å². The van der Waals surface area contributed by atoms with Crippen molar-refractivity contribution < 1.29 is 149 Å². The Labute approximate surface area is 804 Å². The maximum Gasteiger partial charge on any atom is 2.00 e. The number of rotatable bonds is 8. The first-order valence-electron chi connectivity index (χ1n) is 37.2. The first kappa shape index (κ1) is 117. The number of halogens is 8. The van der Waals surface area contributed by atoms with Crippen molar-refractivity contribution in [2.45, 2.75) is 49.0 Å². The number of pyridine rings is 8. The van der Waals surface area contributed by atoms with Crippen molar-refractivity contribution >= 4 is 24.9 Å². The molecular weight excluding hydrogens is 1930 g/mol. The Hall–Kier alpha value is -12.2. The van der Waals surface area contributed by atoms with Crippen molar-refractivity contribution in [1.29, 1.82) is 0 Å². The minimum atomic E-state index is -10.7. The van der Waals surface area contributed by atoms with E-state index < -0.39 is 28.3 Å². The second kappa shape index (κ2) is 57.8. The predicted molar refractivity (Wildman–Crippen MR) is 463 cm³/mol. The summed E-state index contributed by atoms with van der Waals surface area (Å²) in [6, 6.07) is 109. The number of hydrogen-bond acceptors (Lipinski definition) is 18. The molecule has 9 heterocycles. The van der Waals surface area contributed by atoms with Crippen LogP contribution in [0.15, 0.2) is 334 Å². The summed E-state index contributed by atoms with van der Waals surface area (Å²) < 4.78 is 127. The van der Waals surface area contributed by atoms with E-state index in [-0.39, 0.29) is 73.4 Å². The van der Waals surface area contributed by atoms with E-state index in [0.717, 1.165) is 141 Å². The van der Waals surface area contributed by atoms with Gasteiger partial charge in [0.15, 0.2) is 17.1 Å². The molecule has 0 saturated carbocycles. The first-order chi connectivity index (χ1) is 59.7. The minimum absolute atomic E-state index is 0. The molecule has 686 valence electrons. The number of hydrogen-bond donors (Lipinski definition) is 0. The van der Waals surface area contributed by atoms with Crippen molar-refractivity contribution in [2.75, 3.05) is 14.1 Å². The molecule has 0 spiro atoms. The van der Waals surface area contributed by atoms with E-state index in [4.69, 9.17) is 57.0 Å². The number of benzene rings is 7. The molecule has 131 heavy (non-hydrogen) atoms. The van der Waals surface area contributed by atoms with E-state index in [1.165, 1.54) is 0 Å². The van der Waals surface area contributed by atoms with Crippen molar-refractivity contribution in [1.82, 2.24) is 49.7 Å². The number of aromatic nitrogens is 8. The van der Waals surface area contributed by atoms with Crippen LogP contribution in [0.25, 0.3) is 105 Å². The van der Waals surface area contributed by atoms with Crippen LogP contribution in [-0.4, -0.2) is 63.8 Å². The van der Waals surface area contributed by atoms with Gasteiger partial charge >= 0.3 is 99.0 Å². The Morgan fingerprint density at radius 1 is 0.282 bits per heavy atom. The van der Waals surface area contributed by atoms with Gasteiger partial charge in [-0.2, -0.15) is 6.67 Å². The summed E-state index contributed by atoms with van der Waals surface area (Å²) in [5.74, 6) is 0. The van der Waals surface area contributed by atoms with E-state index in [2.05, 4.69) is 78.7 Å². The molecule has 0 fully saturated rings. The third kappa shape index (κ3) is 48.3. The summed E-state index contributed by atoms with van der Waals surface area (Å²) in [7, 11) is -16.5. The van der Waals surface area contributed by atoms with Gasteiger partial charge in [0.1, 0.15) is 0 Å². The quantitative estimate of drug-likeness (QED) is 0.0590. The van der Waals surface area contributed by atoms with Crippen LogP contribution >= 0.6 is 7.81 Å². The summed E-state index contributed by atoms with van der Waals surface area (Å²) in [5.41, 5.74) is 23.5. The monoisotopic (exact) mass is 2010 g/mol. The summed E-state index contributed by atoms with van der Waals surface area (Å²) in [6.45, 7) is 34.3. The van der Waals surface area contributed by atoms with Crippen LogP contribution in [0.2, 0.25) is 0 Å². The van der Waals surface area contributed by atoms with E-state index in [1.807, 2.05) is 382 Å². The zero-order chi connectivity index (χ0) is 92.2. The van der Waals surface area contributed by atoms with Crippen LogP contribution in [-0.2, 0) is 66.0 Å². The average Bonchev–Trinajstić information content (AvgIpc) is 1.50. The molecule has 0 unspecified atom stereocenters. The van der Waals surface area contributed by atoms with Gasteiger partial charge in [0.2, 0.25) is 0 Å². The van der Waals surface area contributed by atoms with Gasteiger partial charge in [-0.15, -0.1) is 164 Å². The topological polar surface area (TPSA) is 307 Å².